The normalized spacial score (nSPS) is 19.6. The molecule has 190 valence electrons. The van der Waals surface area contributed by atoms with Gasteiger partial charge in [-0.2, -0.15) is 0 Å². The van der Waals surface area contributed by atoms with Crippen LogP contribution in [0.25, 0.3) is 51.2 Å². The van der Waals surface area contributed by atoms with Gasteiger partial charge in [0.25, 0.3) is 0 Å². The molecule has 4 aromatic rings. The summed E-state index contributed by atoms with van der Waals surface area (Å²) in [6, 6.07) is 22.4. The van der Waals surface area contributed by atoms with E-state index in [9.17, 15) is 0 Å². The largest absolute Gasteiger partial charge is 0.296 e. The zero-order valence-electron chi connectivity index (χ0n) is 22.2. The van der Waals surface area contributed by atoms with Gasteiger partial charge >= 0.3 is 0 Å². The second-order valence-electron chi connectivity index (χ2n) is 11.3. The molecule has 2 nitrogen and oxygen atoms in total. The van der Waals surface area contributed by atoms with Crippen LogP contribution in [-0.4, -0.2) is 9.55 Å². The first kappa shape index (κ1) is 22.8. The monoisotopic (exact) mass is 504 g/mol. The van der Waals surface area contributed by atoms with E-state index in [0.29, 0.717) is 5.92 Å². The number of nitrogens with zero attached hydrogens (tertiary/aromatic N) is 2. The van der Waals surface area contributed by atoms with E-state index < -0.39 is 0 Å². The number of imidazole rings is 1. The van der Waals surface area contributed by atoms with Gasteiger partial charge in [0, 0.05) is 11.3 Å². The van der Waals surface area contributed by atoms with E-state index in [1.54, 1.807) is 5.57 Å². The maximum Gasteiger partial charge on any atom is 0.145 e. The van der Waals surface area contributed by atoms with Gasteiger partial charge in [0.15, 0.2) is 0 Å². The molecule has 1 unspecified atom stereocenters. The van der Waals surface area contributed by atoms with E-state index in [1.165, 1.54) is 74.3 Å². The number of rotatable bonds is 3. The third kappa shape index (κ3) is 3.81. The Labute approximate surface area is 229 Å². The molecule has 0 fully saturated rings. The highest BCUT2D eigenvalue weighted by molar-refractivity contribution is 5.95. The molecule has 1 atom stereocenters. The third-order valence-corrected chi connectivity index (χ3v) is 9.01. The molecule has 0 radical (unpaired) electrons. The van der Waals surface area contributed by atoms with E-state index >= 15 is 0 Å². The molecule has 4 aliphatic carbocycles. The first-order valence-corrected chi connectivity index (χ1v) is 14.5. The smallest absolute Gasteiger partial charge is 0.145 e. The van der Waals surface area contributed by atoms with Gasteiger partial charge in [-0.3, -0.25) is 4.57 Å². The van der Waals surface area contributed by atoms with Gasteiger partial charge in [-0.1, -0.05) is 78.9 Å². The number of hydrogen-bond donors (Lipinski definition) is 0. The van der Waals surface area contributed by atoms with Crippen LogP contribution in [0.15, 0.2) is 91.0 Å². The zero-order valence-corrected chi connectivity index (χ0v) is 22.2. The number of fused-ring (bicyclic) bond motifs is 4. The van der Waals surface area contributed by atoms with Crippen molar-refractivity contribution in [2.75, 3.05) is 0 Å². The fourth-order valence-electron chi connectivity index (χ4n) is 7.02. The van der Waals surface area contributed by atoms with Gasteiger partial charge in [0.2, 0.25) is 0 Å². The van der Waals surface area contributed by atoms with Crippen molar-refractivity contribution in [3.05, 3.63) is 118 Å². The average molecular weight is 505 g/mol. The number of allylic oxidation sites excluding steroid dienone is 7. The van der Waals surface area contributed by atoms with Crippen LogP contribution in [-0.2, 0) is 6.42 Å². The van der Waals surface area contributed by atoms with Crippen LogP contribution in [0.5, 0.6) is 0 Å². The molecule has 0 saturated heterocycles. The predicted molar refractivity (Wildman–Crippen MR) is 164 cm³/mol. The van der Waals surface area contributed by atoms with E-state index in [-0.39, 0.29) is 0 Å². The number of aryl methyl sites for hydroxylation is 1. The minimum atomic E-state index is 0.681. The maximum atomic E-state index is 5.13. The number of aromatic nitrogens is 2. The van der Waals surface area contributed by atoms with Gasteiger partial charge in [-0.25, -0.2) is 4.98 Å². The first-order chi connectivity index (χ1) is 19.3. The highest BCUT2D eigenvalue weighted by atomic mass is 15.1. The average Bonchev–Trinajstić information content (AvgIpc) is 3.40. The lowest BCUT2D eigenvalue weighted by Gasteiger charge is -2.24. The maximum absolute atomic E-state index is 5.13. The predicted octanol–water partition coefficient (Wildman–Crippen LogP) is 7.68. The van der Waals surface area contributed by atoms with Crippen LogP contribution in [0.2, 0.25) is 0 Å². The van der Waals surface area contributed by atoms with E-state index in [0.717, 1.165) is 31.5 Å². The molecule has 1 aromatic heterocycles. The highest BCUT2D eigenvalue weighted by Gasteiger charge is 2.23. The summed E-state index contributed by atoms with van der Waals surface area (Å²) < 4.78 is 2.41. The van der Waals surface area contributed by atoms with Gasteiger partial charge in [-0.05, 0) is 113 Å². The Hall–Kier alpha value is -4.17. The molecule has 0 N–H and O–H groups in total. The molecule has 0 bridgehead atoms. The fraction of sp³-hybridized carbons (Fsp3) is 0.216. The molecule has 4 aliphatic rings. The second-order valence-corrected chi connectivity index (χ2v) is 11.3. The lowest BCUT2D eigenvalue weighted by molar-refractivity contribution is 0.619. The van der Waals surface area contributed by atoms with Crippen molar-refractivity contribution in [2.45, 2.75) is 44.9 Å². The van der Waals surface area contributed by atoms with Crippen LogP contribution in [0, 0.1) is 5.92 Å². The lowest BCUT2D eigenvalue weighted by Crippen LogP contribution is -2.33. The summed E-state index contributed by atoms with van der Waals surface area (Å²) in [4.78, 5) is 5.13. The Kier molecular flexibility index (Phi) is 5.40. The minimum Gasteiger partial charge on any atom is -0.296 e. The third-order valence-electron chi connectivity index (χ3n) is 9.01. The van der Waals surface area contributed by atoms with Crippen molar-refractivity contribution in [3.63, 3.8) is 0 Å². The molecule has 0 amide bonds. The summed E-state index contributed by atoms with van der Waals surface area (Å²) in [5.74, 6) is 1.75. The summed E-state index contributed by atoms with van der Waals surface area (Å²) in [5.41, 5.74) is 9.33. The molecule has 0 aliphatic heterocycles. The Morgan fingerprint density at radius 1 is 0.821 bits per heavy atom. The molecule has 1 heterocycles. The highest BCUT2D eigenvalue weighted by Crippen LogP contribution is 2.37. The fourth-order valence-corrected chi connectivity index (χ4v) is 7.02. The van der Waals surface area contributed by atoms with Gasteiger partial charge in [0.1, 0.15) is 5.82 Å². The Balaban J connectivity index is 1.26. The first-order valence-electron chi connectivity index (χ1n) is 14.5. The Morgan fingerprint density at radius 2 is 1.74 bits per heavy atom. The van der Waals surface area contributed by atoms with Crippen LogP contribution < -0.4 is 10.4 Å². The van der Waals surface area contributed by atoms with Crippen LogP contribution in [0.1, 0.15) is 55.5 Å². The van der Waals surface area contributed by atoms with E-state index in [4.69, 9.17) is 4.98 Å². The van der Waals surface area contributed by atoms with E-state index in [2.05, 4.69) is 108 Å². The summed E-state index contributed by atoms with van der Waals surface area (Å²) in [6.45, 7) is 0. The van der Waals surface area contributed by atoms with Gasteiger partial charge in [0.05, 0.1) is 11.4 Å². The molecular formula is C37H32N2. The van der Waals surface area contributed by atoms with Crippen LogP contribution in [0.3, 0.4) is 0 Å². The zero-order chi connectivity index (χ0) is 25.8. The van der Waals surface area contributed by atoms with Crippen molar-refractivity contribution < 1.29 is 0 Å². The summed E-state index contributed by atoms with van der Waals surface area (Å²) >= 11 is 0. The van der Waals surface area contributed by atoms with Crippen molar-refractivity contribution in [3.8, 4) is 11.4 Å². The van der Waals surface area contributed by atoms with Crippen molar-refractivity contribution in [2.24, 2.45) is 5.92 Å². The second kappa shape index (κ2) is 9.24. The van der Waals surface area contributed by atoms with Crippen molar-refractivity contribution in [1.29, 1.82) is 0 Å². The molecular weight excluding hydrogens is 472 g/mol. The van der Waals surface area contributed by atoms with Gasteiger partial charge < -0.3 is 0 Å². The summed E-state index contributed by atoms with van der Waals surface area (Å²) in [6.07, 6.45) is 24.3. The minimum absolute atomic E-state index is 0.681. The number of benzene rings is 3. The van der Waals surface area contributed by atoms with Gasteiger partial charge in [-0.15, -0.1) is 0 Å². The standard InChI is InChI=1S/C37H32N2/c1-2-10-27(11-3-1)37-38-35-15-6-7-16-36(35)39(37)30-21-19-26(20-22-30)32-14-8-12-28-23-29-18-17-25-9-4-5-13-31(25)34(29)24-33(28)32/h1-3,5,7-8,10-14,16,18-19,21,23-25H,4,6,9,15,17,20,22H2. The summed E-state index contributed by atoms with van der Waals surface area (Å²) in [7, 11) is 0. The Bertz CT molecular complexity index is 1880. The Morgan fingerprint density at radius 3 is 2.64 bits per heavy atom. The topological polar surface area (TPSA) is 17.8 Å². The molecule has 0 spiro atoms. The van der Waals surface area contributed by atoms with Crippen molar-refractivity contribution in [1.82, 2.24) is 9.55 Å². The van der Waals surface area contributed by atoms with E-state index in [1.807, 2.05) is 0 Å². The molecule has 8 rings (SSSR count). The SMILES string of the molecule is C1=Cc2c(nc(-c3ccccc3)n2C2=CC=C(c3cccc4cc5c(cc34)=C3C=CCCC3CC=5)CC2)CC1. The number of hydrogen-bond acceptors (Lipinski definition) is 1. The van der Waals surface area contributed by atoms with Crippen molar-refractivity contribution >= 4 is 39.8 Å². The molecule has 3 aromatic carbocycles. The molecule has 0 saturated carbocycles. The molecule has 2 heteroatoms. The summed E-state index contributed by atoms with van der Waals surface area (Å²) in [5, 5.41) is 5.58. The van der Waals surface area contributed by atoms with Crippen LogP contribution in [0.4, 0.5) is 0 Å². The van der Waals surface area contributed by atoms with Crippen LogP contribution >= 0.6 is 0 Å². The lowest BCUT2D eigenvalue weighted by atomic mass is 9.81. The molecule has 39 heavy (non-hydrogen) atoms. The quantitative estimate of drug-likeness (QED) is 0.280.